The number of carbonyl (C=O) groups is 1. The Balaban J connectivity index is 1.47. The summed E-state index contributed by atoms with van der Waals surface area (Å²) in [6.45, 7) is 0.632. The van der Waals surface area contributed by atoms with E-state index in [2.05, 4.69) is 31.8 Å². The highest BCUT2D eigenvalue weighted by Crippen LogP contribution is 2.19. The van der Waals surface area contributed by atoms with E-state index in [1.54, 1.807) is 37.4 Å². The minimum Gasteiger partial charge on any atom is -0.361 e. The molecule has 7 heteroatoms. The number of nitrogens with zero attached hydrogens (tertiary/aromatic N) is 1. The van der Waals surface area contributed by atoms with Gasteiger partial charge in [0.1, 0.15) is 5.82 Å². The molecule has 148 valence electrons. The first-order chi connectivity index (χ1) is 14.1. The lowest BCUT2D eigenvalue weighted by molar-refractivity contribution is -0.115. The Morgan fingerprint density at radius 2 is 2.10 bits per heavy atom. The molecule has 2 aromatic carbocycles. The van der Waals surface area contributed by atoms with Crippen LogP contribution < -0.4 is 16.0 Å². The number of benzene rings is 2. The maximum atomic E-state index is 13.5. The van der Waals surface area contributed by atoms with Crippen LogP contribution in [0.2, 0.25) is 0 Å². The van der Waals surface area contributed by atoms with Gasteiger partial charge >= 0.3 is 0 Å². The molecular weight excluding hydrogens is 369 g/mol. The molecule has 1 heterocycles. The smallest absolute Gasteiger partial charge is 0.243 e. The summed E-state index contributed by atoms with van der Waals surface area (Å²) >= 11 is 0. The zero-order valence-electron chi connectivity index (χ0n) is 16.1. The van der Waals surface area contributed by atoms with Gasteiger partial charge in [-0.3, -0.25) is 9.79 Å². The Hall–Kier alpha value is -3.79. The van der Waals surface area contributed by atoms with Gasteiger partial charge in [0.05, 0.1) is 6.54 Å². The maximum Gasteiger partial charge on any atom is 0.243 e. The minimum absolute atomic E-state index is 0.0538. The van der Waals surface area contributed by atoms with E-state index < -0.39 is 0 Å². The predicted octanol–water partition coefficient (Wildman–Crippen LogP) is 2.63. The maximum absolute atomic E-state index is 13.5. The van der Waals surface area contributed by atoms with Gasteiger partial charge in [0.25, 0.3) is 0 Å². The average Bonchev–Trinajstić information content (AvgIpc) is 3.12. The fraction of sp³-hybridized carbons (Fsp3) is 0.182. The molecule has 0 aliphatic rings. The van der Waals surface area contributed by atoms with Crippen molar-refractivity contribution in [1.82, 2.24) is 15.6 Å². The zero-order valence-corrected chi connectivity index (χ0v) is 16.1. The number of rotatable bonds is 6. The van der Waals surface area contributed by atoms with Gasteiger partial charge in [-0.1, -0.05) is 12.0 Å². The van der Waals surface area contributed by atoms with Gasteiger partial charge in [0, 0.05) is 41.9 Å². The zero-order chi connectivity index (χ0) is 20.6. The second kappa shape index (κ2) is 9.42. The molecule has 6 nitrogen and oxygen atoms in total. The molecule has 0 saturated carbocycles. The second-order valence-electron chi connectivity index (χ2n) is 6.38. The van der Waals surface area contributed by atoms with Gasteiger partial charge in [-0.05, 0) is 48.4 Å². The molecule has 3 aromatic rings. The molecule has 4 N–H and O–H groups in total. The van der Waals surface area contributed by atoms with Crippen molar-refractivity contribution in [2.75, 3.05) is 25.5 Å². The third kappa shape index (κ3) is 5.36. The largest absolute Gasteiger partial charge is 0.361 e. The van der Waals surface area contributed by atoms with Crippen molar-refractivity contribution in [3.8, 4) is 12.3 Å². The third-order valence-corrected chi connectivity index (χ3v) is 4.37. The Kier molecular flexibility index (Phi) is 6.48. The second-order valence-corrected chi connectivity index (χ2v) is 6.38. The molecule has 1 amide bonds. The number of hydrogen-bond donors (Lipinski definition) is 4. The molecule has 1 aromatic heterocycles. The topological polar surface area (TPSA) is 81.3 Å². The number of anilines is 1. The van der Waals surface area contributed by atoms with Crippen LogP contribution in [-0.2, 0) is 11.2 Å². The number of amides is 1. The van der Waals surface area contributed by atoms with Crippen LogP contribution in [0, 0.1) is 18.2 Å². The van der Waals surface area contributed by atoms with Crippen LogP contribution in [0.4, 0.5) is 10.1 Å². The van der Waals surface area contributed by atoms with E-state index in [1.165, 1.54) is 12.1 Å². The minimum atomic E-state index is -0.262. The van der Waals surface area contributed by atoms with Crippen LogP contribution in [0.3, 0.4) is 0 Å². The van der Waals surface area contributed by atoms with Gasteiger partial charge in [0.2, 0.25) is 5.91 Å². The van der Waals surface area contributed by atoms with Crippen molar-refractivity contribution in [2.45, 2.75) is 6.42 Å². The van der Waals surface area contributed by atoms with Gasteiger partial charge in [-0.25, -0.2) is 4.39 Å². The van der Waals surface area contributed by atoms with Gasteiger partial charge in [-0.2, -0.15) is 0 Å². The van der Waals surface area contributed by atoms with Crippen molar-refractivity contribution in [3.05, 3.63) is 65.6 Å². The van der Waals surface area contributed by atoms with Crippen LogP contribution in [0.1, 0.15) is 11.1 Å². The number of terminal acetylenes is 1. The summed E-state index contributed by atoms with van der Waals surface area (Å²) in [5.41, 5.74) is 3.25. The number of H-pyrrole nitrogens is 1. The lowest BCUT2D eigenvalue weighted by Gasteiger charge is -2.12. The molecule has 0 spiro atoms. The molecule has 0 fully saturated rings. The van der Waals surface area contributed by atoms with E-state index in [9.17, 15) is 9.18 Å². The van der Waals surface area contributed by atoms with Gasteiger partial charge in [-0.15, -0.1) is 6.42 Å². The Bertz CT molecular complexity index is 1080. The van der Waals surface area contributed by atoms with Crippen LogP contribution in [0.15, 0.2) is 53.7 Å². The fourth-order valence-corrected chi connectivity index (χ4v) is 2.95. The third-order valence-electron chi connectivity index (χ3n) is 4.37. The molecule has 0 bridgehead atoms. The molecule has 0 aliphatic heterocycles. The molecule has 0 unspecified atom stereocenters. The SMILES string of the molecule is C#Cc1cccc(NC(=O)CNC(=NC)NCCc2c[nH]c3ccc(F)cc23)c1. The van der Waals surface area contributed by atoms with E-state index in [0.717, 1.165) is 16.5 Å². The number of hydrogen-bond acceptors (Lipinski definition) is 2. The number of aliphatic imine (C=N–C) groups is 1. The normalized spacial score (nSPS) is 11.1. The van der Waals surface area contributed by atoms with Crippen molar-refractivity contribution in [1.29, 1.82) is 0 Å². The van der Waals surface area contributed by atoms with Crippen molar-refractivity contribution < 1.29 is 9.18 Å². The van der Waals surface area contributed by atoms with E-state index in [0.29, 0.717) is 30.2 Å². The van der Waals surface area contributed by atoms with Crippen molar-refractivity contribution >= 4 is 28.5 Å². The Morgan fingerprint density at radius 1 is 1.24 bits per heavy atom. The summed E-state index contributed by atoms with van der Waals surface area (Å²) in [5, 5.41) is 9.76. The molecular formula is C22H22FN5O. The monoisotopic (exact) mass is 391 g/mol. The number of aromatic amines is 1. The molecule has 0 atom stereocenters. The van der Waals surface area contributed by atoms with E-state index in [4.69, 9.17) is 6.42 Å². The Labute approximate surface area is 168 Å². The first-order valence-corrected chi connectivity index (χ1v) is 9.15. The Morgan fingerprint density at radius 3 is 2.90 bits per heavy atom. The van der Waals surface area contributed by atoms with Crippen LogP contribution in [0.25, 0.3) is 10.9 Å². The summed E-state index contributed by atoms with van der Waals surface area (Å²) in [7, 11) is 1.63. The quantitative estimate of drug-likeness (QED) is 0.296. The highest BCUT2D eigenvalue weighted by molar-refractivity contribution is 5.95. The standard InChI is InChI=1S/C22H22FN5O/c1-3-15-5-4-6-18(11-15)28-21(29)14-27-22(24-2)25-10-9-16-13-26-20-8-7-17(23)12-19(16)20/h1,4-8,11-13,26H,9-10,14H2,2H3,(H,28,29)(H2,24,25,27). The van der Waals surface area contributed by atoms with E-state index >= 15 is 0 Å². The number of nitrogens with one attached hydrogen (secondary N) is 4. The average molecular weight is 391 g/mol. The molecule has 3 rings (SSSR count). The number of fused-ring (bicyclic) bond motifs is 1. The summed E-state index contributed by atoms with van der Waals surface area (Å²) in [6.07, 6.45) is 7.92. The first-order valence-electron chi connectivity index (χ1n) is 9.15. The molecule has 0 aliphatic carbocycles. The van der Waals surface area contributed by atoms with E-state index in [1.807, 2.05) is 6.20 Å². The highest BCUT2D eigenvalue weighted by atomic mass is 19.1. The molecule has 0 saturated heterocycles. The van der Waals surface area contributed by atoms with Crippen LogP contribution in [0.5, 0.6) is 0 Å². The van der Waals surface area contributed by atoms with Crippen molar-refractivity contribution in [2.24, 2.45) is 4.99 Å². The number of aromatic nitrogens is 1. The summed E-state index contributed by atoms with van der Waals surface area (Å²) in [5.74, 6) is 2.56. The fourth-order valence-electron chi connectivity index (χ4n) is 2.95. The van der Waals surface area contributed by atoms with Crippen LogP contribution in [-0.4, -0.2) is 37.0 Å². The van der Waals surface area contributed by atoms with E-state index in [-0.39, 0.29) is 18.3 Å². The van der Waals surface area contributed by atoms with Gasteiger partial charge < -0.3 is 20.9 Å². The number of halogens is 1. The number of guanidine groups is 1. The summed E-state index contributed by atoms with van der Waals surface area (Å²) < 4.78 is 13.5. The molecule has 0 radical (unpaired) electrons. The first kappa shape index (κ1) is 20.0. The lowest BCUT2D eigenvalue weighted by Crippen LogP contribution is -2.42. The lowest BCUT2D eigenvalue weighted by atomic mass is 10.1. The molecule has 29 heavy (non-hydrogen) atoms. The predicted molar refractivity (Wildman–Crippen MR) is 114 cm³/mol. The van der Waals surface area contributed by atoms with Crippen LogP contribution >= 0.6 is 0 Å². The highest BCUT2D eigenvalue weighted by Gasteiger charge is 2.07. The van der Waals surface area contributed by atoms with Gasteiger partial charge in [0.15, 0.2) is 5.96 Å². The summed E-state index contributed by atoms with van der Waals surface area (Å²) in [4.78, 5) is 19.4. The number of carbonyl (C=O) groups excluding carboxylic acids is 1. The van der Waals surface area contributed by atoms with Crippen molar-refractivity contribution in [3.63, 3.8) is 0 Å². The summed E-state index contributed by atoms with van der Waals surface area (Å²) in [6, 6.07) is 11.8.